The zero-order valence-electron chi connectivity index (χ0n) is 20.3. The Bertz CT molecular complexity index is 1160. The zero-order valence-corrected chi connectivity index (χ0v) is 21.1. The van der Waals surface area contributed by atoms with E-state index in [4.69, 9.17) is 4.74 Å². The van der Waals surface area contributed by atoms with Crippen molar-refractivity contribution in [2.24, 2.45) is 5.92 Å². The zero-order chi connectivity index (χ0) is 25.0. The van der Waals surface area contributed by atoms with E-state index in [-0.39, 0.29) is 23.3 Å². The van der Waals surface area contributed by atoms with Crippen LogP contribution >= 0.6 is 0 Å². The molecule has 0 unspecified atom stereocenters. The summed E-state index contributed by atoms with van der Waals surface area (Å²) in [7, 11) is -3.54. The maximum absolute atomic E-state index is 13.4. The molecule has 1 saturated heterocycles. The lowest BCUT2D eigenvalue weighted by molar-refractivity contribution is -0.121. The topological polar surface area (TPSA) is 96.0 Å². The quantitative estimate of drug-likeness (QED) is 0.627. The number of ether oxygens (including phenoxy) is 1. The Morgan fingerprint density at radius 3 is 2.40 bits per heavy atom. The minimum atomic E-state index is -3.54. The molecule has 9 heteroatoms. The highest BCUT2D eigenvalue weighted by molar-refractivity contribution is 7.89. The molecule has 2 heterocycles. The van der Waals surface area contributed by atoms with Gasteiger partial charge in [-0.2, -0.15) is 4.31 Å². The average molecular weight is 500 g/mol. The van der Waals surface area contributed by atoms with Gasteiger partial charge in [0.15, 0.2) is 0 Å². The molecule has 35 heavy (non-hydrogen) atoms. The van der Waals surface area contributed by atoms with Gasteiger partial charge in [-0.1, -0.05) is 50.6 Å². The second kappa shape index (κ2) is 10.8. The molecule has 0 saturated carbocycles. The van der Waals surface area contributed by atoms with E-state index in [9.17, 15) is 18.0 Å². The van der Waals surface area contributed by atoms with Crippen molar-refractivity contribution in [1.29, 1.82) is 0 Å². The first kappa shape index (κ1) is 25.2. The van der Waals surface area contributed by atoms with Crippen molar-refractivity contribution in [1.82, 2.24) is 9.62 Å². The fourth-order valence-electron chi connectivity index (χ4n) is 4.60. The summed E-state index contributed by atoms with van der Waals surface area (Å²) in [4.78, 5) is 27.8. The number of hydrogen-bond acceptors (Lipinski definition) is 5. The van der Waals surface area contributed by atoms with E-state index in [1.54, 1.807) is 27.4 Å². The number of amides is 2. The molecular weight excluding hydrogens is 466 g/mol. The highest BCUT2D eigenvalue weighted by Crippen LogP contribution is 2.32. The lowest BCUT2D eigenvalue weighted by atomic mass is 10.0. The number of benzene rings is 2. The van der Waals surface area contributed by atoms with Gasteiger partial charge in [-0.25, -0.2) is 13.2 Å². The molecule has 0 radical (unpaired) electrons. The lowest BCUT2D eigenvalue weighted by Gasteiger charge is -2.27. The summed E-state index contributed by atoms with van der Waals surface area (Å²) in [6.07, 6.45) is 2.72. The van der Waals surface area contributed by atoms with Gasteiger partial charge in [-0.15, -0.1) is 0 Å². The minimum Gasteiger partial charge on any atom is -0.445 e. The van der Waals surface area contributed by atoms with Crippen molar-refractivity contribution >= 4 is 27.7 Å². The first-order valence-electron chi connectivity index (χ1n) is 12.2. The third-order valence-corrected chi connectivity index (χ3v) is 8.48. The molecule has 8 nitrogen and oxygen atoms in total. The molecule has 0 bridgehead atoms. The molecule has 1 fully saturated rings. The molecular formula is C26H33N3O5S. The second-order valence-corrected chi connectivity index (χ2v) is 11.4. The summed E-state index contributed by atoms with van der Waals surface area (Å²) in [5.74, 6) is -0.392. The Morgan fingerprint density at radius 1 is 1.00 bits per heavy atom. The molecule has 2 aromatic rings. The monoisotopic (exact) mass is 499 g/mol. The second-order valence-electron chi connectivity index (χ2n) is 9.42. The van der Waals surface area contributed by atoms with E-state index < -0.39 is 22.2 Å². The van der Waals surface area contributed by atoms with E-state index in [1.807, 2.05) is 44.2 Å². The Kier molecular flexibility index (Phi) is 7.76. The molecule has 0 aromatic heterocycles. The number of piperidine rings is 1. The molecule has 2 aromatic carbocycles. The summed E-state index contributed by atoms with van der Waals surface area (Å²) in [6, 6.07) is 13.6. The molecule has 0 aliphatic carbocycles. The Labute approximate surface area is 207 Å². The van der Waals surface area contributed by atoms with Gasteiger partial charge in [0.2, 0.25) is 15.9 Å². The van der Waals surface area contributed by atoms with Crippen LogP contribution in [0, 0.1) is 5.92 Å². The number of sulfonamides is 1. The molecule has 1 N–H and O–H groups in total. The number of nitrogens with zero attached hydrogens (tertiary/aromatic N) is 2. The van der Waals surface area contributed by atoms with E-state index in [0.29, 0.717) is 31.7 Å². The maximum Gasteiger partial charge on any atom is 0.408 e. The molecule has 0 spiro atoms. The van der Waals surface area contributed by atoms with E-state index in [1.165, 1.54) is 0 Å². The van der Waals surface area contributed by atoms with Crippen molar-refractivity contribution in [2.75, 3.05) is 24.5 Å². The van der Waals surface area contributed by atoms with Gasteiger partial charge in [0, 0.05) is 25.3 Å². The summed E-state index contributed by atoms with van der Waals surface area (Å²) in [5, 5.41) is 2.72. The number of nitrogens with one attached hydrogen (secondary N) is 1. The largest absolute Gasteiger partial charge is 0.445 e. The Morgan fingerprint density at radius 2 is 1.71 bits per heavy atom. The maximum atomic E-state index is 13.4. The van der Waals surface area contributed by atoms with Crippen LogP contribution in [0.1, 0.15) is 44.2 Å². The SMILES string of the molecule is CC(C)[C@H](NC(=O)OCc1ccccc1)C(=O)N1CCc2cc(S(=O)(=O)N3CCCCC3)ccc21. The van der Waals surface area contributed by atoms with Crippen LogP contribution in [0.4, 0.5) is 10.5 Å². The van der Waals surface area contributed by atoms with Crippen molar-refractivity contribution in [3.63, 3.8) is 0 Å². The normalized spacial score (nSPS) is 17.2. The van der Waals surface area contributed by atoms with Crippen LogP contribution in [-0.2, 0) is 32.6 Å². The van der Waals surface area contributed by atoms with Gasteiger partial charge >= 0.3 is 6.09 Å². The third-order valence-electron chi connectivity index (χ3n) is 6.58. The number of carbonyl (C=O) groups is 2. The molecule has 2 aliphatic rings. The minimum absolute atomic E-state index is 0.118. The standard InChI is InChI=1S/C26H33N3O5S/c1-19(2)24(27-26(31)34-18-20-9-5-3-6-10-20)25(30)29-16-13-21-17-22(11-12-23(21)29)35(32,33)28-14-7-4-8-15-28/h3,5-6,9-12,17,19,24H,4,7-8,13-16,18H2,1-2H3,(H,27,31)/t24-/m0/s1. The van der Waals surface area contributed by atoms with E-state index in [0.717, 1.165) is 30.4 Å². The number of fused-ring (bicyclic) bond motifs is 1. The van der Waals surface area contributed by atoms with E-state index >= 15 is 0 Å². The van der Waals surface area contributed by atoms with Crippen molar-refractivity contribution in [3.8, 4) is 0 Å². The summed E-state index contributed by atoms with van der Waals surface area (Å²) >= 11 is 0. The van der Waals surface area contributed by atoms with Crippen LogP contribution < -0.4 is 10.2 Å². The first-order valence-corrected chi connectivity index (χ1v) is 13.6. The summed E-state index contributed by atoms with van der Waals surface area (Å²) in [5.41, 5.74) is 2.38. The summed E-state index contributed by atoms with van der Waals surface area (Å²) in [6.45, 7) is 5.38. The van der Waals surface area contributed by atoms with Gasteiger partial charge in [-0.05, 0) is 54.5 Å². The predicted octanol–water partition coefficient (Wildman–Crippen LogP) is 3.70. The molecule has 2 amide bonds. The fourth-order valence-corrected chi connectivity index (χ4v) is 6.16. The number of hydrogen-bond donors (Lipinski definition) is 1. The average Bonchev–Trinajstić information content (AvgIpc) is 3.30. The van der Waals surface area contributed by atoms with Gasteiger partial charge in [-0.3, -0.25) is 4.79 Å². The molecule has 188 valence electrons. The smallest absolute Gasteiger partial charge is 0.408 e. The van der Waals surface area contributed by atoms with Gasteiger partial charge in [0.1, 0.15) is 12.6 Å². The van der Waals surface area contributed by atoms with Gasteiger partial charge in [0.25, 0.3) is 0 Å². The highest BCUT2D eigenvalue weighted by atomic mass is 32.2. The molecule has 4 rings (SSSR count). The third kappa shape index (κ3) is 5.67. The van der Waals surface area contributed by atoms with Crippen LogP contribution in [0.15, 0.2) is 53.4 Å². The number of anilines is 1. The van der Waals surface area contributed by atoms with Crippen LogP contribution in [0.3, 0.4) is 0 Å². The number of carbonyl (C=O) groups excluding carboxylic acids is 2. The predicted molar refractivity (Wildman–Crippen MR) is 133 cm³/mol. The van der Waals surface area contributed by atoms with Gasteiger partial charge in [0.05, 0.1) is 4.90 Å². The summed E-state index contributed by atoms with van der Waals surface area (Å²) < 4.78 is 33.0. The highest BCUT2D eigenvalue weighted by Gasteiger charge is 2.34. The van der Waals surface area contributed by atoms with Crippen LogP contribution in [0.5, 0.6) is 0 Å². The Balaban J connectivity index is 1.45. The van der Waals surface area contributed by atoms with Crippen LogP contribution in [-0.4, -0.2) is 50.4 Å². The number of rotatable bonds is 7. The van der Waals surface area contributed by atoms with Crippen molar-refractivity contribution in [2.45, 2.75) is 57.1 Å². The number of alkyl carbamates (subject to hydrolysis) is 1. The Hall–Kier alpha value is -2.91. The van der Waals surface area contributed by atoms with Crippen molar-refractivity contribution < 1.29 is 22.7 Å². The fraction of sp³-hybridized carbons (Fsp3) is 0.462. The first-order chi connectivity index (χ1) is 16.8. The van der Waals surface area contributed by atoms with Gasteiger partial charge < -0.3 is 15.0 Å². The van der Waals surface area contributed by atoms with Crippen molar-refractivity contribution in [3.05, 3.63) is 59.7 Å². The molecule has 1 atom stereocenters. The van der Waals surface area contributed by atoms with Crippen LogP contribution in [0.2, 0.25) is 0 Å². The molecule has 2 aliphatic heterocycles. The van der Waals surface area contributed by atoms with E-state index in [2.05, 4.69) is 5.32 Å². The lowest BCUT2D eigenvalue weighted by Crippen LogP contribution is -2.51. The van der Waals surface area contributed by atoms with Crippen LogP contribution in [0.25, 0.3) is 0 Å².